The molecule has 24 heavy (non-hydrogen) atoms. The van der Waals surface area contributed by atoms with E-state index in [-0.39, 0.29) is 50.6 Å². The molecule has 1 aliphatic carbocycles. The van der Waals surface area contributed by atoms with Crippen molar-refractivity contribution in [2.24, 2.45) is 5.92 Å². The molecule has 136 valence electrons. The van der Waals surface area contributed by atoms with Gasteiger partial charge in [0.25, 0.3) is 0 Å². The Hall–Kier alpha value is -1.80. The lowest BCUT2D eigenvalue weighted by atomic mass is 9.85. The minimum Gasteiger partial charge on any atom is -0.338 e. The molecule has 0 aromatic carbocycles. The quantitative estimate of drug-likeness (QED) is 0.588. The zero-order chi connectivity index (χ0) is 17.7. The third-order valence-corrected chi connectivity index (χ3v) is 4.47. The number of carbonyl (C=O) groups excluding carboxylic acids is 3. The molecule has 2 atom stereocenters. The highest BCUT2D eigenvalue weighted by Gasteiger charge is 2.42. The van der Waals surface area contributed by atoms with Crippen molar-refractivity contribution in [3.8, 4) is 0 Å². The van der Waals surface area contributed by atoms with Crippen LogP contribution in [0.1, 0.15) is 44.9 Å². The van der Waals surface area contributed by atoms with E-state index >= 15 is 0 Å². The number of amides is 4. The molecule has 1 aliphatic heterocycles. The third-order valence-electron chi connectivity index (χ3n) is 4.47. The summed E-state index contributed by atoms with van der Waals surface area (Å²) in [6.07, 6.45) is -2.34. The van der Waals surface area contributed by atoms with Crippen LogP contribution in [0, 0.1) is 5.92 Å². The Morgan fingerprint density at radius 1 is 1.17 bits per heavy atom. The number of imide groups is 1. The maximum Gasteiger partial charge on any atom is 0.391 e. The molecule has 9 heteroatoms. The molecule has 1 saturated carbocycles. The molecule has 2 N–H and O–H groups in total. The minimum atomic E-state index is -4.22. The van der Waals surface area contributed by atoms with E-state index in [2.05, 4.69) is 10.6 Å². The summed E-state index contributed by atoms with van der Waals surface area (Å²) in [6.45, 7) is 0.496. The van der Waals surface area contributed by atoms with Crippen molar-refractivity contribution >= 4 is 17.8 Å². The van der Waals surface area contributed by atoms with Gasteiger partial charge in [-0.05, 0) is 25.7 Å². The molecular formula is C15H22F3N3O3. The molecule has 2 aliphatic rings. The molecule has 4 amide bonds. The highest BCUT2D eigenvalue weighted by Crippen LogP contribution is 2.37. The monoisotopic (exact) mass is 349 g/mol. The topological polar surface area (TPSA) is 78.5 Å². The average molecular weight is 349 g/mol. The summed E-state index contributed by atoms with van der Waals surface area (Å²) in [5.41, 5.74) is 0. The number of hydrogen-bond donors (Lipinski definition) is 2. The van der Waals surface area contributed by atoms with Crippen molar-refractivity contribution in [3.63, 3.8) is 0 Å². The maximum atomic E-state index is 12.7. The predicted octanol–water partition coefficient (Wildman–Crippen LogP) is 1.95. The van der Waals surface area contributed by atoms with Crippen LogP contribution in [0.3, 0.4) is 0 Å². The van der Waals surface area contributed by atoms with E-state index in [0.717, 1.165) is 0 Å². The first-order valence-corrected chi connectivity index (χ1v) is 8.21. The van der Waals surface area contributed by atoms with E-state index in [9.17, 15) is 27.6 Å². The summed E-state index contributed by atoms with van der Waals surface area (Å²) in [7, 11) is 0. The van der Waals surface area contributed by atoms with Gasteiger partial charge < -0.3 is 10.6 Å². The molecule has 0 bridgehead atoms. The van der Waals surface area contributed by atoms with Crippen LogP contribution in [-0.2, 0) is 9.59 Å². The molecule has 0 aromatic rings. The summed E-state index contributed by atoms with van der Waals surface area (Å²) in [6, 6.07) is -0.992. The largest absolute Gasteiger partial charge is 0.391 e. The van der Waals surface area contributed by atoms with Gasteiger partial charge in [-0.2, -0.15) is 13.2 Å². The van der Waals surface area contributed by atoms with Gasteiger partial charge in [0.05, 0.1) is 5.92 Å². The van der Waals surface area contributed by atoms with Crippen molar-refractivity contribution in [2.75, 3.05) is 13.1 Å². The average Bonchev–Trinajstić information content (AvgIpc) is 2.82. The Morgan fingerprint density at radius 2 is 1.83 bits per heavy atom. The van der Waals surface area contributed by atoms with E-state index in [1.54, 1.807) is 0 Å². The van der Waals surface area contributed by atoms with Gasteiger partial charge in [-0.1, -0.05) is 6.42 Å². The van der Waals surface area contributed by atoms with Crippen LogP contribution < -0.4 is 10.6 Å². The van der Waals surface area contributed by atoms with Gasteiger partial charge >= 0.3 is 12.2 Å². The smallest absolute Gasteiger partial charge is 0.338 e. The van der Waals surface area contributed by atoms with Gasteiger partial charge in [0, 0.05) is 32.0 Å². The summed E-state index contributed by atoms with van der Waals surface area (Å²) >= 11 is 0. The second-order valence-electron chi connectivity index (χ2n) is 6.29. The lowest BCUT2D eigenvalue weighted by molar-refractivity contribution is -0.183. The van der Waals surface area contributed by atoms with Gasteiger partial charge in [-0.3, -0.25) is 14.5 Å². The summed E-state index contributed by atoms with van der Waals surface area (Å²) < 4.78 is 38.2. The lowest BCUT2D eigenvalue weighted by Gasteiger charge is -2.31. The number of halogens is 3. The van der Waals surface area contributed by atoms with Crippen LogP contribution >= 0.6 is 0 Å². The SMILES string of the molecule is O=C(NCCCN1C(=O)CCC1=O)N[C@@H]1CCC[C@H](C(F)(F)F)C1. The third kappa shape index (κ3) is 5.10. The van der Waals surface area contributed by atoms with Crippen LogP contribution in [0.5, 0.6) is 0 Å². The van der Waals surface area contributed by atoms with Gasteiger partial charge in [0.2, 0.25) is 11.8 Å². The van der Waals surface area contributed by atoms with Crippen molar-refractivity contribution in [2.45, 2.75) is 57.2 Å². The van der Waals surface area contributed by atoms with Gasteiger partial charge in [0.1, 0.15) is 0 Å². The standard InChI is InChI=1S/C15H22F3N3O3/c16-15(17,18)10-3-1-4-11(9-10)20-14(24)19-7-2-8-21-12(22)5-6-13(21)23/h10-11H,1-9H2,(H2,19,20,24)/t10-,11+/m0/s1. The van der Waals surface area contributed by atoms with Crippen molar-refractivity contribution < 1.29 is 27.6 Å². The van der Waals surface area contributed by atoms with E-state index in [1.165, 1.54) is 4.90 Å². The number of nitrogens with one attached hydrogen (secondary N) is 2. The molecular weight excluding hydrogens is 327 g/mol. The molecule has 1 heterocycles. The van der Waals surface area contributed by atoms with E-state index in [1.807, 2.05) is 0 Å². The second-order valence-corrected chi connectivity index (χ2v) is 6.29. The fraction of sp³-hybridized carbons (Fsp3) is 0.800. The predicted molar refractivity (Wildman–Crippen MR) is 78.9 cm³/mol. The number of hydrogen-bond acceptors (Lipinski definition) is 3. The first-order valence-electron chi connectivity index (χ1n) is 8.21. The van der Waals surface area contributed by atoms with Crippen molar-refractivity contribution in [1.82, 2.24) is 15.5 Å². The van der Waals surface area contributed by atoms with Gasteiger partial charge in [-0.25, -0.2) is 4.79 Å². The van der Waals surface area contributed by atoms with E-state index in [4.69, 9.17) is 0 Å². The molecule has 0 aromatic heterocycles. The maximum absolute atomic E-state index is 12.7. The molecule has 0 spiro atoms. The second kappa shape index (κ2) is 7.85. The Morgan fingerprint density at radius 3 is 2.46 bits per heavy atom. The van der Waals surface area contributed by atoms with Crippen molar-refractivity contribution in [1.29, 1.82) is 0 Å². The number of rotatable bonds is 5. The highest BCUT2D eigenvalue weighted by atomic mass is 19.4. The van der Waals surface area contributed by atoms with Crippen LogP contribution in [-0.4, -0.2) is 48.1 Å². The molecule has 6 nitrogen and oxygen atoms in total. The minimum absolute atomic E-state index is 0.0896. The fourth-order valence-corrected chi connectivity index (χ4v) is 3.17. The first-order chi connectivity index (χ1) is 11.3. The number of alkyl halides is 3. The van der Waals surface area contributed by atoms with Gasteiger partial charge in [0.15, 0.2) is 0 Å². The molecule has 2 fully saturated rings. The Labute approximate surface area is 138 Å². The van der Waals surface area contributed by atoms with Crippen LogP contribution in [0.2, 0.25) is 0 Å². The summed E-state index contributed by atoms with van der Waals surface area (Å²) in [5, 5.41) is 5.13. The van der Waals surface area contributed by atoms with Crippen molar-refractivity contribution in [3.05, 3.63) is 0 Å². The fourth-order valence-electron chi connectivity index (χ4n) is 3.17. The normalized spacial score (nSPS) is 25.0. The number of urea groups is 1. The zero-order valence-corrected chi connectivity index (χ0v) is 13.3. The summed E-state index contributed by atoms with van der Waals surface area (Å²) in [4.78, 5) is 35.7. The van der Waals surface area contributed by atoms with Crippen LogP contribution in [0.25, 0.3) is 0 Å². The summed E-state index contributed by atoms with van der Waals surface area (Å²) in [5.74, 6) is -1.77. The Balaban J connectivity index is 1.64. The van der Waals surface area contributed by atoms with Gasteiger partial charge in [-0.15, -0.1) is 0 Å². The lowest BCUT2D eigenvalue weighted by Crippen LogP contribution is -2.46. The number of likely N-dealkylation sites (tertiary alicyclic amines) is 1. The van der Waals surface area contributed by atoms with Crippen LogP contribution in [0.4, 0.5) is 18.0 Å². The Bertz CT molecular complexity index is 480. The van der Waals surface area contributed by atoms with E-state index in [0.29, 0.717) is 19.3 Å². The first kappa shape index (κ1) is 18.5. The highest BCUT2D eigenvalue weighted by molar-refractivity contribution is 6.01. The molecule has 0 radical (unpaired) electrons. The van der Waals surface area contributed by atoms with Crippen LogP contribution in [0.15, 0.2) is 0 Å². The molecule has 0 unspecified atom stereocenters. The number of carbonyl (C=O) groups is 3. The zero-order valence-electron chi connectivity index (χ0n) is 13.3. The van der Waals surface area contributed by atoms with E-state index < -0.39 is 24.2 Å². The molecule has 1 saturated heterocycles. The molecule has 2 rings (SSSR count). The number of nitrogens with zero attached hydrogens (tertiary/aromatic N) is 1. The Kier molecular flexibility index (Phi) is 6.06.